The summed E-state index contributed by atoms with van der Waals surface area (Å²) in [6, 6.07) is 0. The van der Waals surface area contributed by atoms with Crippen LogP contribution in [0.1, 0.15) is 90.9 Å². The van der Waals surface area contributed by atoms with Crippen LogP contribution in [0.4, 0.5) is 0 Å². The van der Waals surface area contributed by atoms with E-state index in [0.29, 0.717) is 23.7 Å². The molecule has 0 aromatic heterocycles. The fourth-order valence-electron chi connectivity index (χ4n) is 9.16. The summed E-state index contributed by atoms with van der Waals surface area (Å²) in [6.45, 7) is 3.66. The Balaban J connectivity index is 1.14. The SMILES string of the molecule is CC(OC(=O)C1C2CC(C1C(=O)OC(C)OC1CCCCC1)C1C3C=CC(C3)C21)OC1CCCCC1. The quantitative estimate of drug-likeness (QED) is 0.182. The summed E-state index contributed by atoms with van der Waals surface area (Å²) < 4.78 is 24.0. The topological polar surface area (TPSA) is 71.1 Å². The van der Waals surface area contributed by atoms with E-state index >= 15 is 0 Å². The minimum Gasteiger partial charge on any atom is -0.436 e. The Morgan fingerprint density at radius 2 is 1.06 bits per heavy atom. The van der Waals surface area contributed by atoms with Crippen LogP contribution < -0.4 is 0 Å². The summed E-state index contributed by atoms with van der Waals surface area (Å²) in [7, 11) is 0. The second kappa shape index (κ2) is 10.4. The molecule has 6 rings (SSSR count). The average molecular weight is 501 g/mol. The van der Waals surface area contributed by atoms with Crippen LogP contribution in [-0.4, -0.2) is 36.7 Å². The Morgan fingerprint density at radius 1 is 0.639 bits per heavy atom. The number of allylic oxidation sites excluding steroid dienone is 2. The Labute approximate surface area is 215 Å². The van der Waals surface area contributed by atoms with Gasteiger partial charge in [0.1, 0.15) is 0 Å². The summed E-state index contributed by atoms with van der Waals surface area (Å²) in [4.78, 5) is 27.3. The van der Waals surface area contributed by atoms with Gasteiger partial charge in [0, 0.05) is 0 Å². The van der Waals surface area contributed by atoms with Crippen LogP contribution in [0.25, 0.3) is 0 Å². The van der Waals surface area contributed by atoms with E-state index in [1.807, 2.05) is 13.8 Å². The number of hydrogen-bond donors (Lipinski definition) is 0. The van der Waals surface area contributed by atoms with Crippen LogP contribution >= 0.6 is 0 Å². The molecule has 200 valence electrons. The highest BCUT2D eigenvalue weighted by molar-refractivity contribution is 5.84. The van der Waals surface area contributed by atoms with Crippen LogP contribution in [0.2, 0.25) is 0 Å². The molecule has 4 bridgehead atoms. The molecule has 36 heavy (non-hydrogen) atoms. The van der Waals surface area contributed by atoms with Gasteiger partial charge in [0.05, 0.1) is 24.0 Å². The molecule has 5 fully saturated rings. The molecule has 0 spiro atoms. The molecule has 0 amide bonds. The van der Waals surface area contributed by atoms with E-state index in [-0.39, 0.29) is 36.0 Å². The van der Waals surface area contributed by atoms with Gasteiger partial charge in [-0.2, -0.15) is 0 Å². The number of esters is 2. The van der Waals surface area contributed by atoms with Gasteiger partial charge in [-0.1, -0.05) is 50.7 Å². The Hall–Kier alpha value is -1.40. The summed E-state index contributed by atoms with van der Waals surface area (Å²) >= 11 is 0. The lowest BCUT2D eigenvalue weighted by molar-refractivity contribution is -0.207. The molecule has 0 N–H and O–H groups in total. The van der Waals surface area contributed by atoms with Crippen molar-refractivity contribution in [2.45, 2.75) is 116 Å². The van der Waals surface area contributed by atoms with E-state index in [4.69, 9.17) is 18.9 Å². The highest BCUT2D eigenvalue weighted by Gasteiger charge is 2.68. The molecule has 10 atom stereocenters. The zero-order valence-corrected chi connectivity index (χ0v) is 22.0. The molecule has 0 aromatic rings. The highest BCUT2D eigenvalue weighted by Crippen LogP contribution is 2.69. The van der Waals surface area contributed by atoms with Crippen molar-refractivity contribution in [3.8, 4) is 0 Å². The van der Waals surface area contributed by atoms with Crippen molar-refractivity contribution < 1.29 is 28.5 Å². The largest absolute Gasteiger partial charge is 0.436 e. The van der Waals surface area contributed by atoms with E-state index < -0.39 is 24.4 Å². The number of fused-ring (bicyclic) bond motifs is 9. The summed E-state index contributed by atoms with van der Waals surface area (Å²) in [5, 5.41) is 0. The van der Waals surface area contributed by atoms with E-state index in [9.17, 15) is 9.59 Å². The minimum absolute atomic E-state index is 0.167. The van der Waals surface area contributed by atoms with Gasteiger partial charge in [-0.05, 0) is 87.9 Å². The third kappa shape index (κ3) is 4.66. The number of carbonyl (C=O) groups is 2. The van der Waals surface area contributed by atoms with Gasteiger partial charge in [-0.25, -0.2) is 0 Å². The van der Waals surface area contributed by atoms with Crippen molar-refractivity contribution in [3.05, 3.63) is 12.2 Å². The number of rotatable bonds is 8. The maximum absolute atomic E-state index is 13.6. The van der Waals surface area contributed by atoms with Crippen LogP contribution in [0.3, 0.4) is 0 Å². The fraction of sp³-hybridized carbons (Fsp3) is 0.867. The molecule has 0 radical (unpaired) electrons. The van der Waals surface area contributed by atoms with E-state index in [2.05, 4.69) is 12.2 Å². The molecule has 0 aliphatic heterocycles. The van der Waals surface area contributed by atoms with Crippen LogP contribution in [0.5, 0.6) is 0 Å². The molecule has 0 saturated heterocycles. The Morgan fingerprint density at radius 3 is 1.47 bits per heavy atom. The average Bonchev–Trinajstić information content (AvgIpc) is 3.64. The first kappa shape index (κ1) is 24.9. The van der Waals surface area contributed by atoms with Crippen molar-refractivity contribution in [1.29, 1.82) is 0 Å². The predicted molar refractivity (Wildman–Crippen MR) is 133 cm³/mol. The predicted octanol–water partition coefficient (Wildman–Crippen LogP) is 5.78. The van der Waals surface area contributed by atoms with E-state index in [0.717, 1.165) is 32.1 Å². The van der Waals surface area contributed by atoms with Crippen LogP contribution in [0, 0.1) is 47.3 Å². The van der Waals surface area contributed by atoms with Gasteiger partial charge in [0.15, 0.2) is 12.6 Å². The zero-order chi connectivity index (χ0) is 24.8. The molecular weight excluding hydrogens is 456 g/mol. The summed E-state index contributed by atoms with van der Waals surface area (Å²) in [6.07, 6.45) is 17.3. The lowest BCUT2D eigenvalue weighted by Crippen LogP contribution is -2.46. The first-order valence-electron chi connectivity index (χ1n) is 14.9. The normalized spacial score (nSPS) is 41.3. The third-order valence-electron chi connectivity index (χ3n) is 10.4. The van der Waals surface area contributed by atoms with Gasteiger partial charge in [-0.3, -0.25) is 9.59 Å². The lowest BCUT2D eigenvalue weighted by Gasteiger charge is -2.40. The van der Waals surface area contributed by atoms with Crippen molar-refractivity contribution in [2.24, 2.45) is 47.3 Å². The number of hydrogen-bond acceptors (Lipinski definition) is 6. The minimum atomic E-state index is -0.583. The zero-order valence-electron chi connectivity index (χ0n) is 22.0. The molecule has 6 aliphatic carbocycles. The smallest absolute Gasteiger partial charge is 0.312 e. The van der Waals surface area contributed by atoms with Gasteiger partial charge >= 0.3 is 11.9 Å². The monoisotopic (exact) mass is 500 g/mol. The highest BCUT2D eigenvalue weighted by atomic mass is 16.7. The molecule has 6 nitrogen and oxygen atoms in total. The first-order chi connectivity index (χ1) is 17.5. The molecule has 0 heterocycles. The van der Waals surface area contributed by atoms with Gasteiger partial charge in [0.25, 0.3) is 0 Å². The van der Waals surface area contributed by atoms with Crippen molar-refractivity contribution in [1.82, 2.24) is 0 Å². The van der Waals surface area contributed by atoms with Gasteiger partial charge in [0.2, 0.25) is 0 Å². The molecule has 6 aliphatic rings. The van der Waals surface area contributed by atoms with E-state index in [1.54, 1.807) is 0 Å². The summed E-state index contributed by atoms with van der Waals surface area (Å²) in [5.41, 5.74) is 0. The van der Waals surface area contributed by atoms with Gasteiger partial charge in [-0.15, -0.1) is 0 Å². The number of carbonyl (C=O) groups excluding carboxylic acids is 2. The first-order valence-corrected chi connectivity index (χ1v) is 14.9. The third-order valence-corrected chi connectivity index (χ3v) is 10.4. The molecule has 0 aromatic carbocycles. The Kier molecular flexibility index (Phi) is 7.20. The molecule has 6 heteroatoms. The maximum atomic E-state index is 13.6. The van der Waals surface area contributed by atoms with Crippen LogP contribution in [-0.2, 0) is 28.5 Å². The standard InChI is InChI=1S/C30H44O6/c1-17(33-21-9-5-3-6-10-21)35-29(31)27-23-16-24(26-20-14-13-19(15-20)25(23)26)28(27)30(32)36-18(2)34-22-11-7-4-8-12-22/h13-14,17-28H,3-12,15-16H2,1-2H3. The molecular formula is C30H44O6. The summed E-state index contributed by atoms with van der Waals surface area (Å²) in [5.74, 6) is 1.08. The fourth-order valence-corrected chi connectivity index (χ4v) is 9.16. The van der Waals surface area contributed by atoms with Crippen molar-refractivity contribution in [3.63, 3.8) is 0 Å². The van der Waals surface area contributed by atoms with Gasteiger partial charge < -0.3 is 18.9 Å². The van der Waals surface area contributed by atoms with Crippen LogP contribution in [0.15, 0.2) is 12.2 Å². The lowest BCUT2D eigenvalue weighted by atomic mass is 9.65. The molecule has 5 saturated carbocycles. The van der Waals surface area contributed by atoms with E-state index in [1.165, 1.54) is 44.9 Å². The second-order valence-corrected chi connectivity index (χ2v) is 12.5. The Bertz CT molecular complexity index is 776. The van der Waals surface area contributed by atoms with Crippen molar-refractivity contribution in [2.75, 3.05) is 0 Å². The van der Waals surface area contributed by atoms with Crippen molar-refractivity contribution >= 4 is 11.9 Å². The number of ether oxygens (including phenoxy) is 4. The second-order valence-electron chi connectivity index (χ2n) is 12.5. The maximum Gasteiger partial charge on any atom is 0.312 e. The molecule has 10 unspecified atom stereocenters.